The minimum atomic E-state index is 0.923. The fourth-order valence-corrected chi connectivity index (χ4v) is 3.28. The van der Waals surface area contributed by atoms with Gasteiger partial charge in [0.1, 0.15) is 0 Å². The maximum Gasteiger partial charge on any atom is 0.0489 e. The Kier molecular flexibility index (Phi) is 3.53. The zero-order valence-electron chi connectivity index (χ0n) is 12.6. The summed E-state index contributed by atoms with van der Waals surface area (Å²) in [7, 11) is 0. The highest BCUT2D eigenvalue weighted by Gasteiger charge is 2.13. The van der Waals surface area contributed by atoms with Gasteiger partial charge in [0.25, 0.3) is 0 Å². The van der Waals surface area contributed by atoms with E-state index in [-0.39, 0.29) is 0 Å². The smallest absolute Gasteiger partial charge is 0.0489 e. The van der Waals surface area contributed by atoms with Gasteiger partial charge in [-0.05, 0) is 30.2 Å². The van der Waals surface area contributed by atoms with Crippen LogP contribution in [-0.2, 0) is 6.54 Å². The highest BCUT2D eigenvalue weighted by molar-refractivity contribution is 5.93. The van der Waals surface area contributed by atoms with Crippen molar-refractivity contribution in [2.75, 3.05) is 13.1 Å². The molecule has 0 atom stereocenters. The van der Waals surface area contributed by atoms with Crippen molar-refractivity contribution >= 4 is 16.5 Å². The third kappa shape index (κ3) is 2.46. The summed E-state index contributed by atoms with van der Waals surface area (Å²) in [6.45, 7) is 2.98. The van der Waals surface area contributed by atoms with E-state index in [0.29, 0.717) is 0 Å². The molecule has 0 fully saturated rings. The van der Waals surface area contributed by atoms with E-state index in [1.807, 2.05) is 0 Å². The predicted molar refractivity (Wildman–Crippen MR) is 92.9 cm³/mol. The first-order valence-corrected chi connectivity index (χ1v) is 7.94. The molecule has 1 aliphatic rings. The molecule has 4 rings (SSSR count). The number of benzene rings is 2. The summed E-state index contributed by atoms with van der Waals surface area (Å²) in [6.07, 6.45) is 5.77. The van der Waals surface area contributed by atoms with E-state index >= 15 is 0 Å². The Balaban J connectivity index is 1.80. The normalized spacial score (nSPS) is 15.0. The summed E-state index contributed by atoms with van der Waals surface area (Å²) >= 11 is 0. The Morgan fingerprint density at radius 1 is 0.955 bits per heavy atom. The fraction of sp³-hybridized carbons (Fsp3) is 0.200. The van der Waals surface area contributed by atoms with Gasteiger partial charge in [-0.1, -0.05) is 54.6 Å². The lowest BCUT2D eigenvalue weighted by Gasteiger charge is -2.13. The second-order valence-corrected chi connectivity index (χ2v) is 5.86. The zero-order chi connectivity index (χ0) is 14.8. The summed E-state index contributed by atoms with van der Waals surface area (Å²) in [4.78, 5) is 0. The van der Waals surface area contributed by atoms with Crippen LogP contribution < -0.4 is 5.32 Å². The molecule has 2 nitrogen and oxygen atoms in total. The minimum absolute atomic E-state index is 0.923. The third-order valence-electron chi connectivity index (χ3n) is 4.39. The number of hydrogen-bond acceptors (Lipinski definition) is 1. The SMILES string of the molecule is C1=C(c2cn(Cc3ccccc3)c3ccccc23)CCNC1. The van der Waals surface area contributed by atoms with Crippen LogP contribution in [0.15, 0.2) is 66.9 Å². The van der Waals surface area contributed by atoms with Crippen molar-refractivity contribution in [1.29, 1.82) is 0 Å². The monoisotopic (exact) mass is 288 g/mol. The standard InChI is InChI=1S/C20H20N2/c1-2-6-16(7-3-1)14-22-15-19(17-10-12-21-13-11-17)18-8-4-5-9-20(18)22/h1-10,15,21H,11-14H2. The van der Waals surface area contributed by atoms with E-state index in [4.69, 9.17) is 0 Å². The van der Waals surface area contributed by atoms with Crippen LogP contribution in [0.3, 0.4) is 0 Å². The van der Waals surface area contributed by atoms with Crippen molar-refractivity contribution in [3.8, 4) is 0 Å². The Morgan fingerprint density at radius 2 is 1.77 bits per heavy atom. The largest absolute Gasteiger partial charge is 0.342 e. The molecule has 0 aliphatic carbocycles. The summed E-state index contributed by atoms with van der Waals surface area (Å²) in [6, 6.07) is 19.4. The van der Waals surface area contributed by atoms with E-state index < -0.39 is 0 Å². The highest BCUT2D eigenvalue weighted by Crippen LogP contribution is 2.30. The highest BCUT2D eigenvalue weighted by atomic mass is 15.0. The Hall–Kier alpha value is -2.32. The first kappa shape index (κ1) is 13.4. The maximum atomic E-state index is 3.40. The van der Waals surface area contributed by atoms with Crippen molar-refractivity contribution in [2.24, 2.45) is 0 Å². The topological polar surface area (TPSA) is 17.0 Å². The number of para-hydroxylation sites is 1. The van der Waals surface area contributed by atoms with Gasteiger partial charge in [0.15, 0.2) is 0 Å². The lowest BCUT2D eigenvalue weighted by atomic mass is 10.00. The van der Waals surface area contributed by atoms with Crippen LogP contribution in [0.1, 0.15) is 17.5 Å². The molecule has 0 spiro atoms. The number of nitrogens with zero attached hydrogens (tertiary/aromatic N) is 1. The summed E-state index contributed by atoms with van der Waals surface area (Å²) in [5.41, 5.74) is 5.53. The molecular formula is C20H20N2. The number of fused-ring (bicyclic) bond motifs is 1. The predicted octanol–water partition coefficient (Wildman–Crippen LogP) is 4.07. The third-order valence-corrected chi connectivity index (χ3v) is 4.39. The van der Waals surface area contributed by atoms with Crippen LogP contribution in [0.25, 0.3) is 16.5 Å². The zero-order valence-corrected chi connectivity index (χ0v) is 12.6. The molecule has 0 amide bonds. The lowest BCUT2D eigenvalue weighted by molar-refractivity contribution is 0.738. The molecule has 2 heteroatoms. The Morgan fingerprint density at radius 3 is 2.59 bits per heavy atom. The van der Waals surface area contributed by atoms with Gasteiger partial charge in [0.2, 0.25) is 0 Å². The first-order chi connectivity index (χ1) is 10.9. The van der Waals surface area contributed by atoms with Crippen molar-refractivity contribution in [3.05, 3.63) is 78.0 Å². The molecule has 22 heavy (non-hydrogen) atoms. The van der Waals surface area contributed by atoms with Crippen LogP contribution in [0.4, 0.5) is 0 Å². The van der Waals surface area contributed by atoms with Gasteiger partial charge in [-0.3, -0.25) is 0 Å². The van der Waals surface area contributed by atoms with Crippen molar-refractivity contribution in [1.82, 2.24) is 9.88 Å². The molecule has 0 saturated carbocycles. The van der Waals surface area contributed by atoms with Crippen molar-refractivity contribution in [3.63, 3.8) is 0 Å². The van der Waals surface area contributed by atoms with Gasteiger partial charge in [0.05, 0.1) is 0 Å². The van der Waals surface area contributed by atoms with Crippen LogP contribution in [0.2, 0.25) is 0 Å². The molecule has 1 aromatic heterocycles. The van der Waals surface area contributed by atoms with Crippen LogP contribution >= 0.6 is 0 Å². The molecule has 0 saturated heterocycles. The summed E-state index contributed by atoms with van der Waals surface area (Å²) < 4.78 is 2.38. The molecule has 0 radical (unpaired) electrons. The van der Waals surface area contributed by atoms with Crippen LogP contribution in [-0.4, -0.2) is 17.7 Å². The second-order valence-electron chi connectivity index (χ2n) is 5.86. The molecule has 0 unspecified atom stereocenters. The molecule has 110 valence electrons. The fourth-order valence-electron chi connectivity index (χ4n) is 3.28. The van der Waals surface area contributed by atoms with E-state index in [1.165, 1.54) is 27.6 Å². The van der Waals surface area contributed by atoms with E-state index in [2.05, 4.69) is 76.8 Å². The quantitative estimate of drug-likeness (QED) is 0.769. The molecule has 2 aromatic carbocycles. The average molecular weight is 288 g/mol. The number of rotatable bonds is 3. The summed E-state index contributed by atoms with van der Waals surface area (Å²) in [5, 5.41) is 4.76. The van der Waals surface area contributed by atoms with E-state index in [9.17, 15) is 0 Å². The first-order valence-electron chi connectivity index (χ1n) is 7.94. The Bertz CT molecular complexity index is 812. The number of hydrogen-bond donors (Lipinski definition) is 1. The molecule has 1 aliphatic heterocycles. The molecule has 0 bridgehead atoms. The van der Waals surface area contributed by atoms with E-state index in [0.717, 1.165) is 26.1 Å². The van der Waals surface area contributed by atoms with E-state index in [1.54, 1.807) is 0 Å². The molecule has 2 heterocycles. The van der Waals surface area contributed by atoms with Gasteiger partial charge in [0, 0.05) is 35.8 Å². The van der Waals surface area contributed by atoms with Gasteiger partial charge in [-0.15, -0.1) is 0 Å². The van der Waals surface area contributed by atoms with Crippen LogP contribution in [0.5, 0.6) is 0 Å². The molecule has 1 N–H and O–H groups in total. The molecular weight excluding hydrogens is 268 g/mol. The number of nitrogens with one attached hydrogen (secondary N) is 1. The van der Waals surface area contributed by atoms with Crippen molar-refractivity contribution < 1.29 is 0 Å². The summed E-state index contributed by atoms with van der Waals surface area (Å²) in [5.74, 6) is 0. The number of aromatic nitrogens is 1. The second kappa shape index (κ2) is 5.82. The lowest BCUT2D eigenvalue weighted by Crippen LogP contribution is -2.19. The van der Waals surface area contributed by atoms with Gasteiger partial charge < -0.3 is 9.88 Å². The van der Waals surface area contributed by atoms with Gasteiger partial charge in [-0.25, -0.2) is 0 Å². The van der Waals surface area contributed by atoms with Gasteiger partial charge >= 0.3 is 0 Å². The molecule has 3 aromatic rings. The van der Waals surface area contributed by atoms with Crippen molar-refractivity contribution in [2.45, 2.75) is 13.0 Å². The van der Waals surface area contributed by atoms with Crippen LogP contribution in [0, 0.1) is 0 Å². The maximum absolute atomic E-state index is 3.40. The Labute approximate surface area is 131 Å². The van der Waals surface area contributed by atoms with Gasteiger partial charge in [-0.2, -0.15) is 0 Å². The minimum Gasteiger partial charge on any atom is -0.342 e. The average Bonchev–Trinajstić information content (AvgIpc) is 2.96.